The number of nitrogens with two attached hydrogens (primary N) is 1. The van der Waals surface area contributed by atoms with E-state index in [9.17, 15) is 4.39 Å². The number of anilines is 2. The van der Waals surface area contributed by atoms with Crippen molar-refractivity contribution in [3.8, 4) is 0 Å². The maximum Gasteiger partial charge on any atom is 0.125 e. The summed E-state index contributed by atoms with van der Waals surface area (Å²) in [6, 6.07) is 8.65. The smallest absolute Gasteiger partial charge is 0.125 e. The first-order valence-corrected chi connectivity index (χ1v) is 6.43. The molecule has 0 aliphatic carbocycles. The number of halogens is 1. The van der Waals surface area contributed by atoms with Gasteiger partial charge in [0.05, 0.1) is 17.4 Å². The van der Waals surface area contributed by atoms with Crippen molar-refractivity contribution in [1.29, 1.82) is 0 Å². The van der Waals surface area contributed by atoms with Crippen molar-refractivity contribution in [1.82, 2.24) is 0 Å². The van der Waals surface area contributed by atoms with E-state index in [1.54, 1.807) is 17.4 Å². The highest BCUT2D eigenvalue weighted by atomic mass is 32.1. The molecular weight excluding hydrogens is 235 g/mol. The highest BCUT2D eigenvalue weighted by Crippen LogP contribution is 2.29. The van der Waals surface area contributed by atoms with E-state index in [1.165, 1.54) is 17.0 Å². The number of hydrogen-bond acceptors (Lipinski definition) is 3. The molecule has 17 heavy (non-hydrogen) atoms. The number of nitrogens with one attached hydrogen (secondary N) is 1. The molecule has 2 nitrogen and oxygen atoms in total. The zero-order valence-electron chi connectivity index (χ0n) is 9.61. The third-order valence-electron chi connectivity index (χ3n) is 2.64. The Bertz CT molecular complexity index is 482. The molecule has 2 rings (SSSR count). The van der Waals surface area contributed by atoms with E-state index >= 15 is 0 Å². The molecule has 1 heterocycles. The fourth-order valence-corrected chi connectivity index (χ4v) is 2.57. The summed E-state index contributed by atoms with van der Waals surface area (Å²) in [4.78, 5) is 1.23. The molecule has 1 aromatic carbocycles. The van der Waals surface area contributed by atoms with E-state index < -0.39 is 0 Å². The number of nitrogen functional groups attached to an aromatic ring is 1. The lowest BCUT2D eigenvalue weighted by Gasteiger charge is -2.18. The molecule has 4 heteroatoms. The van der Waals surface area contributed by atoms with Gasteiger partial charge in [-0.05, 0) is 36.1 Å². The second-order valence-electron chi connectivity index (χ2n) is 3.85. The summed E-state index contributed by atoms with van der Waals surface area (Å²) in [5.41, 5.74) is 7.05. The van der Waals surface area contributed by atoms with Gasteiger partial charge in [0.2, 0.25) is 0 Å². The maximum atomic E-state index is 13.2. The lowest BCUT2D eigenvalue weighted by Crippen LogP contribution is -2.09. The zero-order chi connectivity index (χ0) is 12.3. The summed E-state index contributed by atoms with van der Waals surface area (Å²) >= 11 is 1.69. The standard InChI is InChI=1S/C13H15FN2S/c1-2-11(13-4-3-7-17-13)16-12-8-9(14)5-6-10(12)15/h3-8,11,16H,2,15H2,1H3. The van der Waals surface area contributed by atoms with Gasteiger partial charge >= 0.3 is 0 Å². The lowest BCUT2D eigenvalue weighted by molar-refractivity contribution is 0.627. The van der Waals surface area contributed by atoms with E-state index in [4.69, 9.17) is 5.73 Å². The van der Waals surface area contributed by atoms with Gasteiger partial charge in [-0.1, -0.05) is 13.0 Å². The van der Waals surface area contributed by atoms with Crippen LogP contribution in [0, 0.1) is 5.82 Å². The molecule has 0 amide bonds. The van der Waals surface area contributed by atoms with Crippen molar-refractivity contribution in [3.63, 3.8) is 0 Å². The molecule has 0 saturated carbocycles. The molecule has 2 aromatic rings. The predicted molar refractivity (Wildman–Crippen MR) is 71.8 cm³/mol. The second-order valence-corrected chi connectivity index (χ2v) is 4.83. The summed E-state index contributed by atoms with van der Waals surface area (Å²) < 4.78 is 13.2. The van der Waals surface area contributed by atoms with Gasteiger partial charge in [-0.15, -0.1) is 11.3 Å². The fourth-order valence-electron chi connectivity index (χ4n) is 1.71. The van der Waals surface area contributed by atoms with Crippen LogP contribution < -0.4 is 11.1 Å². The first-order valence-electron chi connectivity index (χ1n) is 5.55. The minimum absolute atomic E-state index is 0.180. The van der Waals surface area contributed by atoms with Crippen LogP contribution in [0.2, 0.25) is 0 Å². The van der Waals surface area contributed by atoms with Gasteiger partial charge in [0.15, 0.2) is 0 Å². The van der Waals surface area contributed by atoms with Crippen LogP contribution in [0.1, 0.15) is 24.3 Å². The Morgan fingerprint density at radius 3 is 2.88 bits per heavy atom. The first-order chi connectivity index (χ1) is 8.20. The zero-order valence-corrected chi connectivity index (χ0v) is 10.4. The fraction of sp³-hybridized carbons (Fsp3) is 0.231. The molecule has 1 unspecified atom stereocenters. The van der Waals surface area contributed by atoms with Gasteiger partial charge in [-0.25, -0.2) is 4.39 Å². The number of benzene rings is 1. The Balaban J connectivity index is 2.21. The second kappa shape index (κ2) is 5.19. The van der Waals surface area contributed by atoms with E-state index in [1.807, 2.05) is 11.4 Å². The van der Waals surface area contributed by atoms with Gasteiger partial charge < -0.3 is 11.1 Å². The largest absolute Gasteiger partial charge is 0.397 e. The van der Waals surface area contributed by atoms with E-state index in [2.05, 4.69) is 18.3 Å². The average molecular weight is 250 g/mol. The summed E-state index contributed by atoms with van der Waals surface area (Å²) in [5, 5.41) is 5.32. The summed E-state index contributed by atoms with van der Waals surface area (Å²) in [5.74, 6) is -0.275. The highest BCUT2D eigenvalue weighted by molar-refractivity contribution is 7.10. The van der Waals surface area contributed by atoms with Crippen LogP contribution in [0.3, 0.4) is 0 Å². The molecule has 0 radical (unpaired) electrons. The van der Waals surface area contributed by atoms with Crippen LogP contribution >= 0.6 is 11.3 Å². The van der Waals surface area contributed by atoms with Gasteiger partial charge in [0.25, 0.3) is 0 Å². The van der Waals surface area contributed by atoms with Crippen LogP contribution in [-0.4, -0.2) is 0 Å². The summed E-state index contributed by atoms with van der Waals surface area (Å²) in [6.45, 7) is 2.09. The molecule has 0 saturated heterocycles. The van der Waals surface area contributed by atoms with E-state index in [0.717, 1.165) is 6.42 Å². The van der Waals surface area contributed by atoms with Gasteiger partial charge in [-0.2, -0.15) is 0 Å². The monoisotopic (exact) mass is 250 g/mol. The van der Waals surface area contributed by atoms with Crippen molar-refractivity contribution in [3.05, 3.63) is 46.4 Å². The molecule has 3 N–H and O–H groups in total. The van der Waals surface area contributed by atoms with E-state index in [0.29, 0.717) is 11.4 Å². The molecule has 0 aliphatic rings. The molecule has 0 aliphatic heterocycles. The number of thiophene rings is 1. The highest BCUT2D eigenvalue weighted by Gasteiger charge is 2.11. The first kappa shape index (κ1) is 11.9. The number of hydrogen-bond donors (Lipinski definition) is 2. The van der Waals surface area contributed by atoms with Crippen LogP contribution in [0.4, 0.5) is 15.8 Å². The average Bonchev–Trinajstić information content (AvgIpc) is 2.84. The summed E-state index contributed by atoms with van der Waals surface area (Å²) in [7, 11) is 0. The Hall–Kier alpha value is -1.55. The number of rotatable bonds is 4. The predicted octanol–water partition coefficient (Wildman–Crippen LogP) is 4.03. The molecule has 1 atom stereocenters. The Morgan fingerprint density at radius 1 is 1.41 bits per heavy atom. The lowest BCUT2D eigenvalue weighted by atomic mass is 10.1. The SMILES string of the molecule is CCC(Nc1cc(F)ccc1N)c1cccs1. The topological polar surface area (TPSA) is 38.0 Å². The molecule has 0 fully saturated rings. The van der Waals surface area contributed by atoms with Crippen molar-refractivity contribution in [2.45, 2.75) is 19.4 Å². The Morgan fingerprint density at radius 2 is 2.24 bits per heavy atom. The minimum atomic E-state index is -0.275. The normalized spacial score (nSPS) is 12.4. The molecular formula is C13H15FN2S. The van der Waals surface area contributed by atoms with Crippen molar-refractivity contribution in [2.75, 3.05) is 11.1 Å². The maximum absolute atomic E-state index is 13.2. The van der Waals surface area contributed by atoms with Crippen LogP contribution in [0.25, 0.3) is 0 Å². The third-order valence-corrected chi connectivity index (χ3v) is 3.63. The summed E-state index contributed by atoms with van der Waals surface area (Å²) in [6.07, 6.45) is 0.927. The van der Waals surface area contributed by atoms with Gasteiger partial charge in [0.1, 0.15) is 5.82 Å². The van der Waals surface area contributed by atoms with E-state index in [-0.39, 0.29) is 11.9 Å². The third kappa shape index (κ3) is 2.77. The van der Waals surface area contributed by atoms with Crippen molar-refractivity contribution in [2.24, 2.45) is 0 Å². The Labute approximate surface area is 104 Å². The molecule has 0 spiro atoms. The Kier molecular flexibility index (Phi) is 3.64. The molecule has 90 valence electrons. The molecule has 1 aromatic heterocycles. The van der Waals surface area contributed by atoms with Crippen molar-refractivity contribution < 1.29 is 4.39 Å². The van der Waals surface area contributed by atoms with Gasteiger partial charge in [-0.3, -0.25) is 0 Å². The van der Waals surface area contributed by atoms with Crippen LogP contribution in [0.15, 0.2) is 35.7 Å². The van der Waals surface area contributed by atoms with Crippen molar-refractivity contribution >= 4 is 22.7 Å². The van der Waals surface area contributed by atoms with Crippen LogP contribution in [-0.2, 0) is 0 Å². The van der Waals surface area contributed by atoms with Gasteiger partial charge in [0, 0.05) is 4.88 Å². The minimum Gasteiger partial charge on any atom is -0.397 e. The quantitative estimate of drug-likeness (QED) is 0.804. The van der Waals surface area contributed by atoms with Crippen LogP contribution in [0.5, 0.6) is 0 Å². The molecule has 0 bridgehead atoms.